The summed E-state index contributed by atoms with van der Waals surface area (Å²) in [4.78, 5) is 10.4. The fourth-order valence-corrected chi connectivity index (χ4v) is 1.97. The Kier molecular flexibility index (Phi) is 3.02. The van der Waals surface area contributed by atoms with E-state index in [0.717, 1.165) is 24.0 Å². The molecule has 80 valence electrons. The fraction of sp³-hybridized carbons (Fsp3) is 0.417. The highest BCUT2D eigenvalue weighted by molar-refractivity contribution is 5.53. The van der Waals surface area contributed by atoms with Gasteiger partial charge in [-0.25, -0.2) is 0 Å². The number of benzene rings is 1. The van der Waals surface area contributed by atoms with Gasteiger partial charge in [0.2, 0.25) is 0 Å². The molecule has 0 unspecified atom stereocenters. The van der Waals surface area contributed by atoms with E-state index in [9.17, 15) is 4.79 Å². The molecule has 3 heteroatoms. The van der Waals surface area contributed by atoms with E-state index in [1.807, 2.05) is 12.1 Å². The van der Waals surface area contributed by atoms with E-state index in [4.69, 9.17) is 9.47 Å². The second kappa shape index (κ2) is 4.45. The van der Waals surface area contributed by atoms with Crippen LogP contribution in [0.3, 0.4) is 0 Å². The maximum absolute atomic E-state index is 10.4. The van der Waals surface area contributed by atoms with E-state index < -0.39 is 0 Å². The molecule has 0 spiro atoms. The minimum Gasteiger partial charge on any atom is -0.496 e. The van der Waals surface area contributed by atoms with Crippen molar-refractivity contribution in [1.29, 1.82) is 0 Å². The van der Waals surface area contributed by atoms with E-state index >= 15 is 0 Å². The van der Waals surface area contributed by atoms with Gasteiger partial charge in [-0.2, -0.15) is 0 Å². The Morgan fingerprint density at radius 1 is 1.47 bits per heavy atom. The summed E-state index contributed by atoms with van der Waals surface area (Å²) in [6, 6.07) is 3.99. The highest BCUT2D eigenvalue weighted by Crippen LogP contribution is 2.31. The van der Waals surface area contributed by atoms with Crippen LogP contribution in [0, 0.1) is 0 Å². The molecule has 1 heterocycles. The highest BCUT2D eigenvalue weighted by Gasteiger charge is 2.18. The first-order valence-electron chi connectivity index (χ1n) is 5.06. The molecule has 0 amide bonds. The number of ether oxygens (including phenoxy) is 2. The minimum atomic E-state index is 0.535. The van der Waals surface area contributed by atoms with Gasteiger partial charge in [0.1, 0.15) is 12.0 Å². The summed E-state index contributed by atoms with van der Waals surface area (Å²) in [6.07, 6.45) is 2.21. The maximum atomic E-state index is 10.4. The highest BCUT2D eigenvalue weighted by atomic mass is 16.5. The zero-order valence-electron chi connectivity index (χ0n) is 8.79. The zero-order chi connectivity index (χ0) is 10.7. The fourth-order valence-electron chi connectivity index (χ4n) is 1.97. The van der Waals surface area contributed by atoms with E-state index in [0.29, 0.717) is 19.6 Å². The summed E-state index contributed by atoms with van der Waals surface area (Å²) in [5, 5.41) is 0. The van der Waals surface area contributed by atoms with Crippen molar-refractivity contribution in [3.05, 3.63) is 28.8 Å². The normalized spacial score (nSPS) is 13.7. The second-order valence-corrected chi connectivity index (χ2v) is 3.58. The third-order valence-corrected chi connectivity index (χ3v) is 2.72. The topological polar surface area (TPSA) is 35.5 Å². The lowest BCUT2D eigenvalue weighted by atomic mass is 9.99. The third kappa shape index (κ3) is 1.88. The second-order valence-electron chi connectivity index (χ2n) is 3.58. The van der Waals surface area contributed by atoms with Crippen LogP contribution in [0.5, 0.6) is 5.75 Å². The van der Waals surface area contributed by atoms with Crippen molar-refractivity contribution in [2.24, 2.45) is 0 Å². The summed E-state index contributed by atoms with van der Waals surface area (Å²) in [7, 11) is 1.65. The molecule has 0 atom stereocenters. The van der Waals surface area contributed by atoms with Crippen molar-refractivity contribution < 1.29 is 14.3 Å². The number of fused-ring (bicyclic) bond motifs is 1. The van der Waals surface area contributed by atoms with Crippen LogP contribution in [0.2, 0.25) is 0 Å². The molecule has 0 radical (unpaired) electrons. The van der Waals surface area contributed by atoms with Crippen molar-refractivity contribution in [3.8, 4) is 5.75 Å². The lowest BCUT2D eigenvalue weighted by molar-refractivity contribution is -0.107. The van der Waals surface area contributed by atoms with Crippen LogP contribution in [0.15, 0.2) is 12.1 Å². The van der Waals surface area contributed by atoms with Gasteiger partial charge in [0.05, 0.1) is 20.3 Å². The average Bonchev–Trinajstić information content (AvgIpc) is 2.73. The summed E-state index contributed by atoms with van der Waals surface area (Å²) in [5.74, 6) is 0.862. The van der Waals surface area contributed by atoms with Gasteiger partial charge >= 0.3 is 0 Å². The quantitative estimate of drug-likeness (QED) is 0.705. The summed E-state index contributed by atoms with van der Waals surface area (Å²) in [5.41, 5.74) is 3.55. The summed E-state index contributed by atoms with van der Waals surface area (Å²) >= 11 is 0. The van der Waals surface area contributed by atoms with Crippen molar-refractivity contribution in [3.63, 3.8) is 0 Å². The van der Waals surface area contributed by atoms with Crippen LogP contribution in [0.1, 0.15) is 23.1 Å². The van der Waals surface area contributed by atoms with Crippen LogP contribution in [-0.4, -0.2) is 13.4 Å². The molecule has 1 aromatic rings. The first-order valence-corrected chi connectivity index (χ1v) is 5.06. The summed E-state index contributed by atoms with van der Waals surface area (Å²) in [6.45, 7) is 1.31. The zero-order valence-corrected chi connectivity index (χ0v) is 8.79. The largest absolute Gasteiger partial charge is 0.496 e. The van der Waals surface area contributed by atoms with E-state index in [2.05, 4.69) is 0 Å². The molecule has 2 rings (SSSR count). The average molecular weight is 206 g/mol. The van der Waals surface area contributed by atoms with Gasteiger partial charge in [-0.3, -0.25) is 0 Å². The Hall–Kier alpha value is -1.35. The molecule has 0 bridgehead atoms. The Morgan fingerprint density at radius 2 is 2.33 bits per heavy atom. The Balaban J connectivity index is 2.37. The van der Waals surface area contributed by atoms with Gasteiger partial charge in [0.25, 0.3) is 0 Å². The SMILES string of the molecule is COc1ccc2c(c1CCC=O)COC2. The van der Waals surface area contributed by atoms with Gasteiger partial charge in [0, 0.05) is 12.0 Å². The van der Waals surface area contributed by atoms with Crippen molar-refractivity contribution in [1.82, 2.24) is 0 Å². The van der Waals surface area contributed by atoms with Gasteiger partial charge < -0.3 is 14.3 Å². The van der Waals surface area contributed by atoms with E-state index in [-0.39, 0.29) is 0 Å². The van der Waals surface area contributed by atoms with Crippen LogP contribution in [0.25, 0.3) is 0 Å². The molecule has 3 nitrogen and oxygen atoms in total. The van der Waals surface area contributed by atoms with Gasteiger partial charge in [0.15, 0.2) is 0 Å². The number of hydrogen-bond donors (Lipinski definition) is 0. The molecule has 1 aliphatic heterocycles. The van der Waals surface area contributed by atoms with Gasteiger partial charge in [-0.05, 0) is 23.6 Å². The lowest BCUT2D eigenvalue weighted by Crippen LogP contribution is -1.99. The molecule has 0 aliphatic carbocycles. The Morgan fingerprint density at radius 3 is 3.07 bits per heavy atom. The van der Waals surface area contributed by atoms with Gasteiger partial charge in [-0.15, -0.1) is 0 Å². The molecular weight excluding hydrogens is 192 g/mol. The number of carbonyl (C=O) groups is 1. The molecular formula is C12H14O3. The Bertz CT molecular complexity index is 371. The number of aldehydes is 1. The molecule has 0 saturated carbocycles. The lowest BCUT2D eigenvalue weighted by Gasteiger charge is -2.11. The first-order chi connectivity index (χ1) is 7.36. The summed E-state index contributed by atoms with van der Waals surface area (Å²) < 4.78 is 10.7. The monoisotopic (exact) mass is 206 g/mol. The maximum Gasteiger partial charge on any atom is 0.122 e. The Labute approximate surface area is 89.0 Å². The third-order valence-electron chi connectivity index (χ3n) is 2.72. The predicted octanol–water partition coefficient (Wildman–Crippen LogP) is 1.86. The van der Waals surface area contributed by atoms with Gasteiger partial charge in [-0.1, -0.05) is 6.07 Å². The van der Waals surface area contributed by atoms with Crippen molar-refractivity contribution >= 4 is 6.29 Å². The number of hydrogen-bond acceptors (Lipinski definition) is 3. The molecule has 1 aliphatic rings. The van der Waals surface area contributed by atoms with Crippen LogP contribution < -0.4 is 4.74 Å². The smallest absolute Gasteiger partial charge is 0.122 e. The van der Waals surface area contributed by atoms with Crippen LogP contribution >= 0.6 is 0 Å². The number of rotatable bonds is 4. The van der Waals surface area contributed by atoms with E-state index in [1.54, 1.807) is 7.11 Å². The van der Waals surface area contributed by atoms with Crippen LogP contribution in [-0.2, 0) is 29.2 Å². The molecule has 0 aromatic heterocycles. The van der Waals surface area contributed by atoms with Crippen LogP contribution in [0.4, 0.5) is 0 Å². The number of methoxy groups -OCH3 is 1. The standard InChI is InChI=1S/C12H14O3/c1-14-12-5-4-9-7-15-8-11(9)10(12)3-2-6-13/h4-6H,2-3,7-8H2,1H3. The van der Waals surface area contributed by atoms with Crippen molar-refractivity contribution in [2.75, 3.05) is 7.11 Å². The number of carbonyl (C=O) groups excluding carboxylic acids is 1. The minimum absolute atomic E-state index is 0.535. The van der Waals surface area contributed by atoms with E-state index in [1.165, 1.54) is 11.1 Å². The predicted molar refractivity (Wildman–Crippen MR) is 55.9 cm³/mol. The molecule has 15 heavy (non-hydrogen) atoms. The molecule has 0 saturated heterocycles. The molecule has 0 N–H and O–H groups in total. The van der Waals surface area contributed by atoms with Crippen molar-refractivity contribution in [2.45, 2.75) is 26.1 Å². The first kappa shape index (κ1) is 10.2. The molecule has 1 aromatic carbocycles. The molecule has 0 fully saturated rings.